The molecule has 4 N–H and O–H groups in total. The molecule has 0 fully saturated rings. The van der Waals surface area contributed by atoms with Gasteiger partial charge < -0.3 is 4.98 Å². The summed E-state index contributed by atoms with van der Waals surface area (Å²) in [6, 6.07) is 12.1. The fourth-order valence-electron chi connectivity index (χ4n) is 3.29. The van der Waals surface area contributed by atoms with E-state index in [0.29, 0.717) is 33.3 Å². The average molecular weight is 376 g/mol. The van der Waals surface area contributed by atoms with Crippen LogP contribution in [0.15, 0.2) is 58.6 Å². The van der Waals surface area contributed by atoms with Crippen molar-refractivity contribution in [3.05, 3.63) is 74.7 Å². The number of amidine groups is 1. The van der Waals surface area contributed by atoms with Gasteiger partial charge in [-0.25, -0.2) is 10.5 Å². The number of nitrogens with one attached hydrogen (secondary N) is 4. The van der Waals surface area contributed by atoms with Crippen molar-refractivity contribution in [3.63, 3.8) is 0 Å². The summed E-state index contributed by atoms with van der Waals surface area (Å²) in [4.78, 5) is 31.1. The minimum atomic E-state index is -0.500. The summed E-state index contributed by atoms with van der Waals surface area (Å²) in [7, 11) is 0. The summed E-state index contributed by atoms with van der Waals surface area (Å²) in [6.07, 6.45) is 1.15. The van der Waals surface area contributed by atoms with Gasteiger partial charge >= 0.3 is 5.69 Å². The zero-order chi connectivity index (χ0) is 19.3. The Kier molecular flexibility index (Phi) is 3.36. The predicted octanol–water partition coefficient (Wildman–Crippen LogP) is 1.05. The molecule has 0 saturated heterocycles. The van der Waals surface area contributed by atoms with Crippen LogP contribution < -0.4 is 22.1 Å². The Morgan fingerprint density at radius 3 is 2.79 bits per heavy atom. The molecule has 0 bridgehead atoms. The molecule has 11 heteroatoms. The third-order valence-corrected chi connectivity index (χ3v) is 4.49. The Morgan fingerprint density at radius 1 is 1.14 bits per heavy atom. The van der Waals surface area contributed by atoms with Gasteiger partial charge in [0.05, 0.1) is 33.1 Å². The molecule has 0 unspecified atom stereocenters. The molecule has 11 nitrogen and oxygen atoms in total. The van der Waals surface area contributed by atoms with E-state index in [0.717, 1.165) is 6.20 Å². The highest BCUT2D eigenvalue weighted by atomic mass is 16.6. The number of hydrogen-bond acceptors (Lipinski definition) is 8. The summed E-state index contributed by atoms with van der Waals surface area (Å²) in [6.45, 7) is 0. The Balaban J connectivity index is 1.84. The van der Waals surface area contributed by atoms with Gasteiger partial charge in [-0.3, -0.25) is 24.9 Å². The Hall–Kier alpha value is -4.25. The molecular formula is C17H12N8O3. The van der Waals surface area contributed by atoms with E-state index in [4.69, 9.17) is 0 Å². The molecule has 5 rings (SSSR count). The number of hydrogen-bond donors (Lipinski definition) is 4. The monoisotopic (exact) mass is 376 g/mol. The summed E-state index contributed by atoms with van der Waals surface area (Å²) < 4.78 is 1.27. The van der Waals surface area contributed by atoms with Gasteiger partial charge in [0.2, 0.25) is 0 Å². The molecule has 3 heterocycles. The largest absolute Gasteiger partial charge is 0.335 e. The maximum Gasteiger partial charge on any atom is 0.319 e. The first-order chi connectivity index (χ1) is 13.6. The molecule has 1 aliphatic heterocycles. The number of para-hydroxylation sites is 2. The van der Waals surface area contributed by atoms with Gasteiger partial charge in [-0.15, -0.1) is 10.6 Å². The number of hydrazone groups is 1. The quantitative estimate of drug-likeness (QED) is 0.309. The minimum absolute atomic E-state index is 0.0818. The first-order valence-corrected chi connectivity index (χ1v) is 8.25. The van der Waals surface area contributed by atoms with E-state index in [9.17, 15) is 14.9 Å². The van der Waals surface area contributed by atoms with Gasteiger partial charge in [-0.2, -0.15) is 0 Å². The average Bonchev–Trinajstić information content (AvgIpc) is 3.35. The fourth-order valence-corrected chi connectivity index (χ4v) is 3.29. The fraction of sp³-hybridized carbons (Fsp3) is 0. The number of nitrogens with zero attached hydrogens (tertiary/aromatic N) is 4. The molecule has 1 aliphatic rings. The molecule has 0 saturated carbocycles. The van der Waals surface area contributed by atoms with Crippen molar-refractivity contribution >= 4 is 33.5 Å². The van der Waals surface area contributed by atoms with Crippen molar-refractivity contribution in [1.29, 1.82) is 0 Å². The molecule has 2 aromatic heterocycles. The van der Waals surface area contributed by atoms with Gasteiger partial charge in [-0.1, -0.05) is 12.1 Å². The lowest BCUT2D eigenvalue weighted by atomic mass is 10.1. The number of aromatic nitrogens is 3. The van der Waals surface area contributed by atoms with Crippen molar-refractivity contribution in [2.75, 3.05) is 0 Å². The van der Waals surface area contributed by atoms with Crippen LogP contribution in [0.4, 0.5) is 5.69 Å². The number of aromatic amines is 1. The zero-order valence-corrected chi connectivity index (χ0v) is 14.1. The highest BCUT2D eigenvalue weighted by Gasteiger charge is 2.26. The van der Waals surface area contributed by atoms with E-state index in [1.807, 2.05) is 0 Å². The van der Waals surface area contributed by atoms with Crippen molar-refractivity contribution in [2.45, 2.75) is 0 Å². The minimum Gasteiger partial charge on any atom is -0.335 e. The van der Waals surface area contributed by atoms with Gasteiger partial charge in [0.1, 0.15) is 0 Å². The molecule has 0 amide bonds. The number of H-pyrrole nitrogens is 1. The van der Waals surface area contributed by atoms with E-state index >= 15 is 0 Å². The van der Waals surface area contributed by atoms with Crippen molar-refractivity contribution in [1.82, 2.24) is 31.0 Å². The molecular weight excluding hydrogens is 364 g/mol. The molecule has 28 heavy (non-hydrogen) atoms. The van der Waals surface area contributed by atoms with Crippen LogP contribution in [0.1, 0.15) is 5.56 Å². The standard InChI is InChI=1S/C17H12N8O3/c26-14-8-18-12-3-1-2-4-13(12)24(14)17-15(25(27)28)10-7-9(5-6-11(10)19-17)16-20-22-23-21-16/h1-8,19,22-23H,(H,20,21). The molecule has 0 atom stereocenters. The summed E-state index contributed by atoms with van der Waals surface area (Å²) >= 11 is 0. The van der Waals surface area contributed by atoms with Crippen molar-refractivity contribution in [3.8, 4) is 5.82 Å². The Bertz CT molecular complexity index is 1350. The lowest BCUT2D eigenvalue weighted by Gasteiger charge is -2.06. The van der Waals surface area contributed by atoms with Gasteiger partial charge in [0, 0.05) is 5.56 Å². The second kappa shape index (κ2) is 5.89. The number of benzene rings is 2. The topological polar surface area (TPSA) is 142 Å². The van der Waals surface area contributed by atoms with Gasteiger partial charge in [-0.05, 0) is 30.3 Å². The number of hydrazine groups is 2. The Labute approximate surface area is 155 Å². The van der Waals surface area contributed by atoms with Crippen LogP contribution in [0.2, 0.25) is 0 Å². The number of nitro groups is 1. The van der Waals surface area contributed by atoms with Crippen LogP contribution in [0.3, 0.4) is 0 Å². The molecule has 4 aromatic rings. The van der Waals surface area contributed by atoms with Crippen LogP contribution in [0.25, 0.3) is 27.8 Å². The predicted molar refractivity (Wildman–Crippen MR) is 102 cm³/mol. The van der Waals surface area contributed by atoms with Crippen molar-refractivity contribution in [2.24, 2.45) is 5.10 Å². The molecule has 2 aromatic carbocycles. The lowest BCUT2D eigenvalue weighted by molar-refractivity contribution is -0.382. The summed E-state index contributed by atoms with van der Waals surface area (Å²) in [5.74, 6) is 0.573. The van der Waals surface area contributed by atoms with E-state index < -0.39 is 10.5 Å². The third-order valence-electron chi connectivity index (χ3n) is 4.49. The smallest absolute Gasteiger partial charge is 0.319 e. The third kappa shape index (κ3) is 2.30. The highest BCUT2D eigenvalue weighted by molar-refractivity contribution is 6.04. The van der Waals surface area contributed by atoms with E-state index in [1.165, 1.54) is 4.57 Å². The van der Waals surface area contributed by atoms with Crippen molar-refractivity contribution < 1.29 is 4.92 Å². The van der Waals surface area contributed by atoms with Crippen LogP contribution >= 0.6 is 0 Å². The van der Waals surface area contributed by atoms with E-state index in [1.54, 1.807) is 42.5 Å². The highest BCUT2D eigenvalue weighted by Crippen LogP contribution is 2.33. The second-order valence-electron chi connectivity index (χ2n) is 6.08. The van der Waals surface area contributed by atoms with E-state index in [2.05, 4.69) is 31.6 Å². The maximum absolute atomic E-state index is 12.6. The van der Waals surface area contributed by atoms with Crippen LogP contribution in [-0.4, -0.2) is 25.3 Å². The Morgan fingerprint density at radius 2 is 2.00 bits per heavy atom. The van der Waals surface area contributed by atoms with Gasteiger partial charge in [0.25, 0.3) is 5.56 Å². The van der Waals surface area contributed by atoms with Crippen LogP contribution in [0, 0.1) is 10.1 Å². The molecule has 0 spiro atoms. The summed E-state index contributed by atoms with van der Waals surface area (Å²) in [5.41, 5.74) is 9.50. The normalized spacial score (nSPS) is 13.4. The van der Waals surface area contributed by atoms with E-state index in [-0.39, 0.29) is 11.5 Å². The first-order valence-electron chi connectivity index (χ1n) is 8.25. The summed E-state index contributed by atoms with van der Waals surface area (Å²) in [5, 5.41) is 16.3. The molecule has 0 aliphatic carbocycles. The van der Waals surface area contributed by atoms with Gasteiger partial charge in [0.15, 0.2) is 11.7 Å². The molecule has 138 valence electrons. The molecule has 0 radical (unpaired) electrons. The number of fused-ring (bicyclic) bond motifs is 2. The van der Waals surface area contributed by atoms with Crippen LogP contribution in [0.5, 0.6) is 0 Å². The SMILES string of the molecule is O=c1cnc2ccccc2n1-c1[nH]c2ccc(C3=NNNN3)cc2c1[N+](=O)[O-]. The first kappa shape index (κ1) is 16.0. The maximum atomic E-state index is 12.6. The number of rotatable bonds is 3. The van der Waals surface area contributed by atoms with Crippen LogP contribution in [-0.2, 0) is 0 Å². The second-order valence-corrected chi connectivity index (χ2v) is 6.08. The zero-order valence-electron chi connectivity index (χ0n) is 14.1. The lowest BCUT2D eigenvalue weighted by Crippen LogP contribution is -2.35.